The number of hydrogen-bond donors (Lipinski definition) is 1. The number of halogens is 2. The number of benzene rings is 1. The highest BCUT2D eigenvalue weighted by Gasteiger charge is 2.08. The number of aromatic nitrogens is 3. The SMILES string of the molecule is O=C(NCc1ccc(F)cc1Cl)c1ccc(-n2cccn2)nc1. The minimum absolute atomic E-state index is 0.207. The Labute approximate surface area is 136 Å². The molecule has 2 aromatic heterocycles. The number of pyridine rings is 1. The van der Waals surface area contributed by atoms with Crippen molar-refractivity contribution in [1.82, 2.24) is 20.1 Å². The van der Waals surface area contributed by atoms with Gasteiger partial charge in [-0.25, -0.2) is 14.1 Å². The standard InChI is InChI=1S/C16H12ClFN4O/c17-14-8-13(18)4-2-11(14)9-20-16(23)12-3-5-15(19-10-12)22-7-1-6-21-22/h1-8,10H,9H2,(H,20,23). The van der Waals surface area contributed by atoms with Gasteiger partial charge in [0.1, 0.15) is 5.82 Å². The first-order chi connectivity index (χ1) is 11.1. The first-order valence-electron chi connectivity index (χ1n) is 6.82. The van der Waals surface area contributed by atoms with Crippen LogP contribution in [-0.4, -0.2) is 20.7 Å². The van der Waals surface area contributed by atoms with Gasteiger partial charge >= 0.3 is 0 Å². The summed E-state index contributed by atoms with van der Waals surface area (Å²) in [4.78, 5) is 16.3. The summed E-state index contributed by atoms with van der Waals surface area (Å²) in [5.74, 6) is -0.0819. The Hall–Kier alpha value is -2.73. The smallest absolute Gasteiger partial charge is 0.253 e. The number of amides is 1. The van der Waals surface area contributed by atoms with Gasteiger partial charge in [-0.2, -0.15) is 5.10 Å². The molecule has 23 heavy (non-hydrogen) atoms. The second kappa shape index (κ2) is 6.58. The van der Waals surface area contributed by atoms with Crippen molar-refractivity contribution in [2.45, 2.75) is 6.54 Å². The molecule has 7 heteroatoms. The van der Waals surface area contributed by atoms with Crippen molar-refractivity contribution >= 4 is 17.5 Å². The normalized spacial score (nSPS) is 10.5. The molecule has 0 aliphatic rings. The summed E-state index contributed by atoms with van der Waals surface area (Å²) in [7, 11) is 0. The lowest BCUT2D eigenvalue weighted by atomic mass is 10.2. The van der Waals surface area contributed by atoms with Crippen LogP contribution < -0.4 is 5.32 Å². The highest BCUT2D eigenvalue weighted by Crippen LogP contribution is 2.17. The number of rotatable bonds is 4. The van der Waals surface area contributed by atoms with Crippen molar-refractivity contribution in [2.24, 2.45) is 0 Å². The van der Waals surface area contributed by atoms with E-state index < -0.39 is 5.82 Å². The van der Waals surface area contributed by atoms with Crippen LogP contribution in [0.5, 0.6) is 0 Å². The van der Waals surface area contributed by atoms with Gasteiger partial charge in [0.05, 0.1) is 5.56 Å². The molecule has 0 radical (unpaired) electrons. The number of carbonyl (C=O) groups excluding carboxylic acids is 1. The third-order valence-electron chi connectivity index (χ3n) is 3.20. The molecular formula is C16H12ClFN4O. The first-order valence-corrected chi connectivity index (χ1v) is 7.19. The van der Waals surface area contributed by atoms with Crippen LogP contribution in [-0.2, 0) is 6.54 Å². The molecule has 0 aliphatic heterocycles. The number of hydrogen-bond acceptors (Lipinski definition) is 3. The summed E-state index contributed by atoms with van der Waals surface area (Å²) in [6.07, 6.45) is 4.88. The zero-order valence-electron chi connectivity index (χ0n) is 11.9. The predicted octanol–water partition coefficient (Wildman–Crippen LogP) is 2.99. The molecule has 116 valence electrons. The van der Waals surface area contributed by atoms with Crippen LogP contribution in [0.1, 0.15) is 15.9 Å². The fourth-order valence-corrected chi connectivity index (χ4v) is 2.24. The Balaban J connectivity index is 1.66. The number of nitrogens with one attached hydrogen (secondary N) is 1. The van der Waals surface area contributed by atoms with Crippen molar-refractivity contribution in [3.63, 3.8) is 0 Å². The second-order valence-corrected chi connectivity index (χ2v) is 5.18. The van der Waals surface area contributed by atoms with E-state index in [0.717, 1.165) is 0 Å². The van der Waals surface area contributed by atoms with Gasteiger partial charge in [-0.1, -0.05) is 17.7 Å². The molecule has 0 atom stereocenters. The maximum atomic E-state index is 13.0. The number of nitrogens with zero attached hydrogens (tertiary/aromatic N) is 3. The summed E-state index contributed by atoms with van der Waals surface area (Å²) in [6.45, 7) is 0.207. The fraction of sp³-hybridized carbons (Fsp3) is 0.0625. The molecule has 0 spiro atoms. The Morgan fingerprint density at radius 2 is 2.17 bits per heavy atom. The van der Waals surface area contributed by atoms with Crippen molar-refractivity contribution in [2.75, 3.05) is 0 Å². The van der Waals surface area contributed by atoms with E-state index in [0.29, 0.717) is 16.9 Å². The van der Waals surface area contributed by atoms with Crippen LogP contribution in [0.3, 0.4) is 0 Å². The van der Waals surface area contributed by atoms with Gasteiger partial charge in [0.15, 0.2) is 5.82 Å². The zero-order chi connectivity index (χ0) is 16.2. The second-order valence-electron chi connectivity index (χ2n) is 4.77. The lowest BCUT2D eigenvalue weighted by Gasteiger charge is -2.07. The largest absolute Gasteiger partial charge is 0.348 e. The van der Waals surface area contributed by atoms with Crippen molar-refractivity contribution in [1.29, 1.82) is 0 Å². The van der Waals surface area contributed by atoms with E-state index in [-0.39, 0.29) is 17.5 Å². The molecule has 1 amide bonds. The third kappa shape index (κ3) is 3.54. The highest BCUT2D eigenvalue weighted by molar-refractivity contribution is 6.31. The van der Waals surface area contributed by atoms with Gasteiger partial charge in [0.2, 0.25) is 0 Å². The van der Waals surface area contributed by atoms with Gasteiger partial charge in [0.25, 0.3) is 5.91 Å². The molecule has 0 aliphatic carbocycles. The molecular weight excluding hydrogens is 319 g/mol. The lowest BCUT2D eigenvalue weighted by molar-refractivity contribution is 0.0950. The van der Waals surface area contributed by atoms with Gasteiger partial charge in [-0.15, -0.1) is 0 Å². The maximum Gasteiger partial charge on any atom is 0.253 e. The minimum atomic E-state index is -0.413. The third-order valence-corrected chi connectivity index (χ3v) is 3.56. The van der Waals surface area contributed by atoms with Crippen molar-refractivity contribution in [3.8, 4) is 5.82 Å². The van der Waals surface area contributed by atoms with Crippen LogP contribution in [0.15, 0.2) is 55.0 Å². The average molecular weight is 331 g/mol. The first kappa shape index (κ1) is 15.2. The van der Waals surface area contributed by atoms with Crippen LogP contribution >= 0.6 is 11.6 Å². The zero-order valence-corrected chi connectivity index (χ0v) is 12.7. The summed E-state index contributed by atoms with van der Waals surface area (Å²) in [5.41, 5.74) is 1.06. The monoisotopic (exact) mass is 330 g/mol. The van der Waals surface area contributed by atoms with E-state index >= 15 is 0 Å². The predicted molar refractivity (Wildman–Crippen MR) is 83.9 cm³/mol. The van der Waals surface area contributed by atoms with E-state index in [4.69, 9.17) is 11.6 Å². The van der Waals surface area contributed by atoms with E-state index in [1.165, 1.54) is 24.4 Å². The van der Waals surface area contributed by atoms with Crippen molar-refractivity contribution < 1.29 is 9.18 Å². The minimum Gasteiger partial charge on any atom is -0.348 e. The maximum absolute atomic E-state index is 13.0. The van der Waals surface area contributed by atoms with E-state index in [1.807, 2.05) is 0 Å². The van der Waals surface area contributed by atoms with Crippen LogP contribution in [0.4, 0.5) is 4.39 Å². The van der Waals surface area contributed by atoms with E-state index in [2.05, 4.69) is 15.4 Å². The Kier molecular flexibility index (Phi) is 4.34. The summed E-state index contributed by atoms with van der Waals surface area (Å²) in [5, 5.41) is 7.06. The van der Waals surface area contributed by atoms with Gasteiger partial charge in [-0.05, 0) is 35.9 Å². The van der Waals surface area contributed by atoms with Gasteiger partial charge in [0, 0.05) is 30.2 Å². The average Bonchev–Trinajstić information content (AvgIpc) is 3.08. The summed E-state index contributed by atoms with van der Waals surface area (Å²) in [6, 6.07) is 9.20. The Morgan fingerprint density at radius 3 is 2.83 bits per heavy atom. The Bertz CT molecular complexity index is 819. The fourth-order valence-electron chi connectivity index (χ4n) is 2.00. The number of carbonyl (C=O) groups is 1. The van der Waals surface area contributed by atoms with Gasteiger partial charge in [-0.3, -0.25) is 4.79 Å². The molecule has 3 aromatic rings. The van der Waals surface area contributed by atoms with E-state index in [1.54, 1.807) is 35.3 Å². The highest BCUT2D eigenvalue weighted by atomic mass is 35.5. The summed E-state index contributed by atoms with van der Waals surface area (Å²) < 4.78 is 14.6. The molecule has 0 bridgehead atoms. The molecule has 0 unspecified atom stereocenters. The molecule has 0 saturated heterocycles. The molecule has 1 N–H and O–H groups in total. The molecule has 5 nitrogen and oxygen atoms in total. The molecule has 2 heterocycles. The van der Waals surface area contributed by atoms with Crippen molar-refractivity contribution in [3.05, 3.63) is 77.0 Å². The van der Waals surface area contributed by atoms with Crippen LogP contribution in [0.25, 0.3) is 5.82 Å². The van der Waals surface area contributed by atoms with E-state index in [9.17, 15) is 9.18 Å². The molecule has 0 saturated carbocycles. The van der Waals surface area contributed by atoms with Crippen LogP contribution in [0, 0.1) is 5.82 Å². The molecule has 0 fully saturated rings. The quantitative estimate of drug-likeness (QED) is 0.800. The van der Waals surface area contributed by atoms with Gasteiger partial charge < -0.3 is 5.32 Å². The topological polar surface area (TPSA) is 59.8 Å². The molecule has 3 rings (SSSR count). The van der Waals surface area contributed by atoms with Crippen LogP contribution in [0.2, 0.25) is 5.02 Å². The molecule has 1 aromatic carbocycles. The Morgan fingerprint density at radius 1 is 1.30 bits per heavy atom. The summed E-state index contributed by atoms with van der Waals surface area (Å²) >= 11 is 5.92. The lowest BCUT2D eigenvalue weighted by Crippen LogP contribution is -2.23.